The van der Waals surface area contributed by atoms with Gasteiger partial charge in [0, 0.05) is 25.2 Å². The third-order valence-electron chi connectivity index (χ3n) is 2.77. The Balaban J connectivity index is 1.94. The fourth-order valence-corrected chi connectivity index (χ4v) is 2.04. The molecule has 0 spiro atoms. The third kappa shape index (κ3) is 3.26. The van der Waals surface area contributed by atoms with Gasteiger partial charge in [-0.3, -0.25) is 4.68 Å². The van der Waals surface area contributed by atoms with E-state index in [1.165, 1.54) is 11.1 Å². The fourth-order valence-electron chi connectivity index (χ4n) is 1.83. The highest BCUT2D eigenvalue weighted by molar-refractivity contribution is 6.17. The number of ether oxygens (including phenoxy) is 1. The van der Waals surface area contributed by atoms with Crippen LogP contribution in [0.3, 0.4) is 0 Å². The van der Waals surface area contributed by atoms with Crippen molar-refractivity contribution in [2.75, 3.05) is 6.61 Å². The second-order valence-corrected chi connectivity index (χ2v) is 4.63. The largest absolute Gasteiger partial charge is 0.493 e. The minimum absolute atomic E-state index is 0.476. The zero-order chi connectivity index (χ0) is 13.0. The number of benzene rings is 1. The van der Waals surface area contributed by atoms with Crippen molar-refractivity contribution < 1.29 is 4.74 Å². The van der Waals surface area contributed by atoms with E-state index in [0.29, 0.717) is 12.5 Å². The van der Waals surface area contributed by atoms with Crippen LogP contribution in [0.2, 0.25) is 0 Å². The van der Waals surface area contributed by atoms with Gasteiger partial charge in [0.1, 0.15) is 5.75 Å². The highest BCUT2D eigenvalue weighted by atomic mass is 35.5. The number of aryl methyl sites for hydroxylation is 2. The van der Waals surface area contributed by atoms with Crippen molar-refractivity contribution in [1.29, 1.82) is 0 Å². The van der Waals surface area contributed by atoms with E-state index in [0.717, 1.165) is 17.7 Å². The standard InChI is InChI=1S/C14H17ClN2O/c1-11-3-4-14(13(7-11)8-15)18-6-5-12-9-16-17(2)10-12/h3-4,7,9-10H,5-6,8H2,1-2H3. The number of halogens is 1. The summed E-state index contributed by atoms with van der Waals surface area (Å²) in [5, 5.41) is 4.13. The Labute approximate surface area is 112 Å². The summed E-state index contributed by atoms with van der Waals surface area (Å²) in [5.74, 6) is 1.35. The Morgan fingerprint density at radius 1 is 1.39 bits per heavy atom. The highest BCUT2D eigenvalue weighted by Gasteiger charge is 2.03. The minimum atomic E-state index is 0.476. The summed E-state index contributed by atoms with van der Waals surface area (Å²) >= 11 is 5.91. The molecule has 1 aromatic carbocycles. The molecule has 18 heavy (non-hydrogen) atoms. The zero-order valence-corrected chi connectivity index (χ0v) is 11.4. The first-order valence-corrected chi connectivity index (χ1v) is 6.48. The molecule has 96 valence electrons. The lowest BCUT2D eigenvalue weighted by atomic mass is 10.1. The molecular formula is C14H17ClN2O. The van der Waals surface area contributed by atoms with Gasteiger partial charge in [0.05, 0.1) is 18.7 Å². The zero-order valence-electron chi connectivity index (χ0n) is 10.7. The predicted molar refractivity (Wildman–Crippen MR) is 73.1 cm³/mol. The van der Waals surface area contributed by atoms with Crippen LogP contribution in [0.4, 0.5) is 0 Å². The lowest BCUT2D eigenvalue weighted by Crippen LogP contribution is -2.02. The lowest BCUT2D eigenvalue weighted by Gasteiger charge is -2.10. The summed E-state index contributed by atoms with van der Waals surface area (Å²) in [6.07, 6.45) is 4.71. The van der Waals surface area contributed by atoms with Crippen LogP contribution in [0.5, 0.6) is 5.75 Å². The van der Waals surface area contributed by atoms with Crippen molar-refractivity contribution in [3.05, 3.63) is 47.3 Å². The molecule has 0 amide bonds. The lowest BCUT2D eigenvalue weighted by molar-refractivity contribution is 0.319. The monoisotopic (exact) mass is 264 g/mol. The van der Waals surface area contributed by atoms with Crippen LogP contribution < -0.4 is 4.74 Å². The summed E-state index contributed by atoms with van der Waals surface area (Å²) in [6, 6.07) is 6.08. The molecule has 2 rings (SSSR count). The highest BCUT2D eigenvalue weighted by Crippen LogP contribution is 2.22. The van der Waals surface area contributed by atoms with Gasteiger partial charge in [-0.25, -0.2) is 0 Å². The Morgan fingerprint density at radius 3 is 2.89 bits per heavy atom. The number of aromatic nitrogens is 2. The van der Waals surface area contributed by atoms with E-state index in [9.17, 15) is 0 Å². The van der Waals surface area contributed by atoms with Gasteiger partial charge in [0.25, 0.3) is 0 Å². The van der Waals surface area contributed by atoms with Crippen molar-refractivity contribution >= 4 is 11.6 Å². The molecule has 0 saturated carbocycles. The van der Waals surface area contributed by atoms with Gasteiger partial charge in [0.2, 0.25) is 0 Å². The molecule has 0 fully saturated rings. The normalized spacial score (nSPS) is 10.6. The second-order valence-electron chi connectivity index (χ2n) is 4.37. The van der Waals surface area contributed by atoms with Crippen LogP contribution >= 0.6 is 11.6 Å². The van der Waals surface area contributed by atoms with Crippen LogP contribution in [0, 0.1) is 6.92 Å². The molecule has 0 aliphatic heterocycles. The molecule has 4 heteroatoms. The average Bonchev–Trinajstić information content (AvgIpc) is 2.77. The van der Waals surface area contributed by atoms with Crippen molar-refractivity contribution in [1.82, 2.24) is 9.78 Å². The Bertz CT molecular complexity index is 522. The molecule has 0 aliphatic rings. The molecule has 0 saturated heterocycles. The Morgan fingerprint density at radius 2 is 2.22 bits per heavy atom. The Kier molecular flexibility index (Phi) is 4.26. The summed E-state index contributed by atoms with van der Waals surface area (Å²) < 4.78 is 7.57. The molecule has 0 N–H and O–H groups in total. The number of alkyl halides is 1. The maximum Gasteiger partial charge on any atom is 0.123 e. The number of rotatable bonds is 5. The predicted octanol–water partition coefficient (Wildman–Crippen LogP) is 3.09. The first-order valence-electron chi connectivity index (χ1n) is 5.95. The van der Waals surface area contributed by atoms with E-state index < -0.39 is 0 Å². The molecule has 0 aliphatic carbocycles. The SMILES string of the molecule is Cc1ccc(OCCc2cnn(C)c2)c(CCl)c1. The summed E-state index contributed by atoms with van der Waals surface area (Å²) in [4.78, 5) is 0. The number of nitrogens with zero attached hydrogens (tertiary/aromatic N) is 2. The number of hydrogen-bond acceptors (Lipinski definition) is 2. The fraction of sp³-hybridized carbons (Fsp3) is 0.357. The molecule has 2 aromatic rings. The van der Waals surface area contributed by atoms with Crippen LogP contribution in [0.1, 0.15) is 16.7 Å². The summed E-state index contributed by atoms with van der Waals surface area (Å²) in [5.41, 5.74) is 3.42. The molecule has 1 aromatic heterocycles. The summed E-state index contributed by atoms with van der Waals surface area (Å²) in [7, 11) is 1.91. The van der Waals surface area contributed by atoms with E-state index >= 15 is 0 Å². The number of hydrogen-bond donors (Lipinski definition) is 0. The Hall–Kier alpha value is -1.48. The summed E-state index contributed by atoms with van der Waals surface area (Å²) in [6.45, 7) is 2.69. The van der Waals surface area contributed by atoms with E-state index in [1.807, 2.05) is 31.6 Å². The third-order valence-corrected chi connectivity index (χ3v) is 3.05. The van der Waals surface area contributed by atoms with Crippen molar-refractivity contribution in [3.8, 4) is 5.75 Å². The van der Waals surface area contributed by atoms with Gasteiger partial charge < -0.3 is 4.74 Å². The van der Waals surface area contributed by atoms with Crippen LogP contribution in [0.15, 0.2) is 30.6 Å². The van der Waals surface area contributed by atoms with E-state index in [2.05, 4.69) is 18.1 Å². The minimum Gasteiger partial charge on any atom is -0.493 e. The molecule has 1 heterocycles. The van der Waals surface area contributed by atoms with Gasteiger partial charge in [-0.05, 0) is 18.6 Å². The average molecular weight is 265 g/mol. The maximum absolute atomic E-state index is 5.91. The van der Waals surface area contributed by atoms with Gasteiger partial charge in [0.15, 0.2) is 0 Å². The van der Waals surface area contributed by atoms with Crippen LogP contribution in [-0.4, -0.2) is 16.4 Å². The van der Waals surface area contributed by atoms with E-state index in [1.54, 1.807) is 4.68 Å². The van der Waals surface area contributed by atoms with Gasteiger partial charge >= 0.3 is 0 Å². The maximum atomic E-state index is 5.91. The van der Waals surface area contributed by atoms with Crippen LogP contribution in [0.25, 0.3) is 0 Å². The molecule has 0 radical (unpaired) electrons. The first kappa shape index (κ1) is 13.0. The molecule has 0 unspecified atom stereocenters. The topological polar surface area (TPSA) is 27.1 Å². The van der Waals surface area contributed by atoms with Crippen molar-refractivity contribution in [2.45, 2.75) is 19.2 Å². The van der Waals surface area contributed by atoms with E-state index in [4.69, 9.17) is 16.3 Å². The van der Waals surface area contributed by atoms with E-state index in [-0.39, 0.29) is 0 Å². The second kappa shape index (κ2) is 5.91. The molecular weight excluding hydrogens is 248 g/mol. The smallest absolute Gasteiger partial charge is 0.123 e. The van der Waals surface area contributed by atoms with Crippen LogP contribution in [-0.2, 0) is 19.3 Å². The quantitative estimate of drug-likeness (QED) is 0.776. The van der Waals surface area contributed by atoms with Crippen molar-refractivity contribution in [2.24, 2.45) is 7.05 Å². The van der Waals surface area contributed by atoms with Gasteiger partial charge in [-0.15, -0.1) is 11.6 Å². The van der Waals surface area contributed by atoms with Crippen molar-refractivity contribution in [3.63, 3.8) is 0 Å². The molecule has 0 atom stereocenters. The molecule has 0 bridgehead atoms. The van der Waals surface area contributed by atoms with Gasteiger partial charge in [-0.1, -0.05) is 17.7 Å². The van der Waals surface area contributed by atoms with Gasteiger partial charge in [-0.2, -0.15) is 5.10 Å². The molecule has 3 nitrogen and oxygen atoms in total. The first-order chi connectivity index (χ1) is 8.69.